The monoisotopic (exact) mass is 410 g/mol. The largest absolute Gasteiger partial charge is 0.385 e. The molecule has 0 saturated carbocycles. The quantitative estimate of drug-likeness (QED) is 0.372. The number of hydrogen-bond acceptors (Lipinski definition) is 3. The number of benzene rings is 1. The summed E-state index contributed by atoms with van der Waals surface area (Å²) < 4.78 is 6.20. The van der Waals surface area contributed by atoms with Gasteiger partial charge in [0.25, 0.3) is 0 Å². The summed E-state index contributed by atoms with van der Waals surface area (Å²) >= 11 is 3.50. The van der Waals surface area contributed by atoms with Crippen LogP contribution in [0, 0.1) is 0 Å². The Hall–Kier alpha value is -1.27. The molecule has 0 amide bonds. The minimum Gasteiger partial charge on any atom is -0.385 e. The lowest BCUT2D eigenvalue weighted by Gasteiger charge is -2.20. The molecule has 1 aromatic carbocycles. The van der Waals surface area contributed by atoms with E-state index in [9.17, 15) is 0 Å². The van der Waals surface area contributed by atoms with Gasteiger partial charge in [-0.05, 0) is 56.9 Å². The molecule has 1 aliphatic heterocycles. The van der Waals surface area contributed by atoms with Crippen molar-refractivity contribution in [1.82, 2.24) is 10.6 Å². The van der Waals surface area contributed by atoms with Crippen LogP contribution in [0.25, 0.3) is 0 Å². The fourth-order valence-corrected chi connectivity index (χ4v) is 3.27. The van der Waals surface area contributed by atoms with E-state index in [2.05, 4.69) is 62.7 Å². The van der Waals surface area contributed by atoms with Crippen LogP contribution in [-0.4, -0.2) is 51.9 Å². The molecule has 0 radical (unpaired) electrons. The number of aliphatic imine (C=N–C) groups is 1. The lowest BCUT2D eigenvalue weighted by Crippen LogP contribution is -2.44. The molecule has 1 heterocycles. The summed E-state index contributed by atoms with van der Waals surface area (Å²) in [6, 6.07) is 8.99. The topological polar surface area (TPSA) is 48.9 Å². The van der Waals surface area contributed by atoms with E-state index in [0.717, 1.165) is 68.9 Å². The highest BCUT2D eigenvalue weighted by atomic mass is 79.9. The molecule has 1 fully saturated rings. The Morgan fingerprint density at radius 1 is 1.28 bits per heavy atom. The van der Waals surface area contributed by atoms with E-state index in [-0.39, 0.29) is 0 Å². The molecule has 5 nitrogen and oxygen atoms in total. The fourth-order valence-electron chi connectivity index (χ4n) is 3.00. The molecule has 1 atom stereocenters. The molecule has 1 aliphatic rings. The molecule has 6 heteroatoms. The summed E-state index contributed by atoms with van der Waals surface area (Å²) in [4.78, 5) is 7.14. The Morgan fingerprint density at radius 2 is 2.08 bits per heavy atom. The first kappa shape index (κ1) is 20.0. The summed E-state index contributed by atoms with van der Waals surface area (Å²) in [7, 11) is 1.75. The molecule has 140 valence electrons. The maximum Gasteiger partial charge on any atom is 0.191 e. The van der Waals surface area contributed by atoms with E-state index >= 15 is 0 Å². The van der Waals surface area contributed by atoms with Crippen molar-refractivity contribution in [3.8, 4) is 0 Å². The molecule has 0 bridgehead atoms. The summed E-state index contributed by atoms with van der Waals surface area (Å²) in [5.74, 6) is 0.942. The molecule has 1 unspecified atom stereocenters. The summed E-state index contributed by atoms with van der Waals surface area (Å²) in [5, 5.41) is 6.96. The van der Waals surface area contributed by atoms with Crippen LogP contribution in [0.4, 0.5) is 5.69 Å². The van der Waals surface area contributed by atoms with Crippen molar-refractivity contribution >= 4 is 27.6 Å². The molecule has 2 rings (SSSR count). The maximum absolute atomic E-state index is 5.08. The summed E-state index contributed by atoms with van der Waals surface area (Å²) in [5.41, 5.74) is 1.28. The zero-order valence-electron chi connectivity index (χ0n) is 15.4. The minimum absolute atomic E-state index is 0.440. The van der Waals surface area contributed by atoms with Crippen molar-refractivity contribution in [1.29, 1.82) is 0 Å². The molecular weight excluding hydrogens is 380 g/mol. The van der Waals surface area contributed by atoms with Crippen LogP contribution < -0.4 is 15.5 Å². The van der Waals surface area contributed by atoms with Gasteiger partial charge in [-0.15, -0.1) is 0 Å². The van der Waals surface area contributed by atoms with Crippen molar-refractivity contribution in [2.24, 2.45) is 4.99 Å². The van der Waals surface area contributed by atoms with Crippen LogP contribution in [0.1, 0.15) is 32.6 Å². The third kappa shape index (κ3) is 7.24. The second-order valence-electron chi connectivity index (χ2n) is 6.37. The highest BCUT2D eigenvalue weighted by Gasteiger charge is 2.23. The zero-order valence-corrected chi connectivity index (χ0v) is 17.0. The minimum atomic E-state index is 0.440. The average molecular weight is 411 g/mol. The summed E-state index contributed by atoms with van der Waals surface area (Å²) in [6.45, 7) is 6.80. The van der Waals surface area contributed by atoms with Gasteiger partial charge in [-0.1, -0.05) is 15.9 Å². The van der Waals surface area contributed by atoms with E-state index in [1.807, 2.05) is 0 Å². The van der Waals surface area contributed by atoms with Gasteiger partial charge >= 0.3 is 0 Å². The normalized spacial score (nSPS) is 17.8. The van der Waals surface area contributed by atoms with Gasteiger partial charge in [0, 0.05) is 56.1 Å². The SMILES string of the molecule is CCNC(=NCCCCCOC)NC1CCN(c2ccc(Br)cc2)C1. The number of halogens is 1. The Bertz CT molecular complexity index is 521. The molecule has 0 aromatic heterocycles. The van der Waals surface area contributed by atoms with E-state index in [1.54, 1.807) is 7.11 Å². The number of methoxy groups -OCH3 is 1. The number of rotatable bonds is 9. The zero-order chi connectivity index (χ0) is 17.9. The first-order valence-corrected chi connectivity index (χ1v) is 10.1. The number of nitrogens with zero attached hydrogens (tertiary/aromatic N) is 2. The van der Waals surface area contributed by atoms with Crippen LogP contribution in [0.2, 0.25) is 0 Å². The number of unbranched alkanes of at least 4 members (excludes halogenated alkanes) is 2. The Labute approximate surface area is 160 Å². The molecular formula is C19H31BrN4O. The molecule has 0 spiro atoms. The van der Waals surface area contributed by atoms with Crippen molar-refractivity contribution in [2.75, 3.05) is 44.8 Å². The van der Waals surface area contributed by atoms with E-state index < -0.39 is 0 Å². The van der Waals surface area contributed by atoms with Gasteiger partial charge in [0.1, 0.15) is 0 Å². The van der Waals surface area contributed by atoms with Crippen LogP contribution >= 0.6 is 15.9 Å². The smallest absolute Gasteiger partial charge is 0.191 e. The van der Waals surface area contributed by atoms with Gasteiger partial charge < -0.3 is 20.3 Å². The Morgan fingerprint density at radius 3 is 2.80 bits per heavy atom. The maximum atomic E-state index is 5.08. The van der Waals surface area contributed by atoms with Crippen LogP contribution in [0.15, 0.2) is 33.7 Å². The molecule has 25 heavy (non-hydrogen) atoms. The lowest BCUT2D eigenvalue weighted by atomic mass is 10.2. The van der Waals surface area contributed by atoms with Crippen molar-refractivity contribution < 1.29 is 4.74 Å². The van der Waals surface area contributed by atoms with E-state index in [0.29, 0.717) is 6.04 Å². The number of ether oxygens (including phenoxy) is 1. The Kier molecular flexibility index (Phi) is 9.11. The van der Waals surface area contributed by atoms with Gasteiger partial charge in [0.15, 0.2) is 5.96 Å². The lowest BCUT2D eigenvalue weighted by molar-refractivity contribution is 0.192. The number of guanidine groups is 1. The third-order valence-electron chi connectivity index (χ3n) is 4.34. The van der Waals surface area contributed by atoms with Gasteiger partial charge in [-0.25, -0.2) is 0 Å². The third-order valence-corrected chi connectivity index (χ3v) is 4.87. The van der Waals surface area contributed by atoms with E-state index in [4.69, 9.17) is 9.73 Å². The molecule has 1 saturated heterocycles. The van der Waals surface area contributed by atoms with Crippen LogP contribution in [0.3, 0.4) is 0 Å². The Balaban J connectivity index is 1.78. The molecule has 0 aliphatic carbocycles. The number of hydrogen-bond donors (Lipinski definition) is 2. The fraction of sp³-hybridized carbons (Fsp3) is 0.632. The first-order valence-electron chi connectivity index (χ1n) is 9.27. The second-order valence-corrected chi connectivity index (χ2v) is 7.28. The van der Waals surface area contributed by atoms with Crippen LogP contribution in [0.5, 0.6) is 0 Å². The second kappa shape index (κ2) is 11.4. The van der Waals surface area contributed by atoms with Crippen molar-refractivity contribution in [3.05, 3.63) is 28.7 Å². The highest BCUT2D eigenvalue weighted by Crippen LogP contribution is 2.22. The first-order chi connectivity index (χ1) is 12.2. The summed E-state index contributed by atoms with van der Waals surface area (Å²) in [6.07, 6.45) is 4.52. The van der Waals surface area contributed by atoms with Gasteiger partial charge in [0.2, 0.25) is 0 Å². The highest BCUT2D eigenvalue weighted by molar-refractivity contribution is 9.10. The molecule has 1 aromatic rings. The van der Waals surface area contributed by atoms with Gasteiger partial charge in [0.05, 0.1) is 0 Å². The predicted molar refractivity (Wildman–Crippen MR) is 110 cm³/mol. The van der Waals surface area contributed by atoms with Crippen molar-refractivity contribution in [3.63, 3.8) is 0 Å². The van der Waals surface area contributed by atoms with Crippen molar-refractivity contribution in [2.45, 2.75) is 38.6 Å². The predicted octanol–water partition coefficient (Wildman–Crippen LogP) is 3.40. The van der Waals surface area contributed by atoms with Gasteiger partial charge in [-0.3, -0.25) is 4.99 Å². The number of anilines is 1. The molecule has 2 N–H and O–H groups in total. The number of nitrogens with one attached hydrogen (secondary N) is 2. The van der Waals surface area contributed by atoms with Crippen LogP contribution in [-0.2, 0) is 4.74 Å². The average Bonchev–Trinajstić information content (AvgIpc) is 3.07. The standard InChI is InChI=1S/C19H31BrN4O/c1-3-21-19(22-12-5-4-6-14-25-2)23-17-11-13-24(15-17)18-9-7-16(20)8-10-18/h7-10,17H,3-6,11-15H2,1-2H3,(H2,21,22,23). The van der Waals surface area contributed by atoms with E-state index in [1.165, 1.54) is 5.69 Å². The van der Waals surface area contributed by atoms with Gasteiger partial charge in [-0.2, -0.15) is 0 Å².